The Bertz CT molecular complexity index is 941. The molecule has 0 aromatic heterocycles. The molecule has 148 valence electrons. The van der Waals surface area contributed by atoms with Crippen molar-refractivity contribution >= 4 is 11.9 Å². The summed E-state index contributed by atoms with van der Waals surface area (Å²) in [4.78, 5) is 23.9. The number of carbonyl (C=O) groups is 2. The van der Waals surface area contributed by atoms with Crippen LogP contribution in [0.4, 0.5) is 4.39 Å². The van der Waals surface area contributed by atoms with E-state index in [0.717, 1.165) is 11.1 Å². The third-order valence-electron chi connectivity index (χ3n) is 4.08. The molecule has 0 aliphatic rings. The van der Waals surface area contributed by atoms with Crippen molar-refractivity contribution in [2.45, 2.75) is 0 Å². The van der Waals surface area contributed by atoms with Gasteiger partial charge in [-0.1, -0.05) is 42.5 Å². The highest BCUT2D eigenvalue weighted by molar-refractivity contribution is 5.96. The van der Waals surface area contributed by atoms with Gasteiger partial charge < -0.3 is 14.8 Å². The molecule has 0 saturated carbocycles. The lowest BCUT2D eigenvalue weighted by atomic mass is 10.0. The third kappa shape index (κ3) is 6.17. The average Bonchev–Trinajstić information content (AvgIpc) is 2.77. The van der Waals surface area contributed by atoms with E-state index in [2.05, 4.69) is 5.32 Å². The molecule has 0 bridgehead atoms. The van der Waals surface area contributed by atoms with Crippen molar-refractivity contribution < 1.29 is 23.5 Å². The smallest absolute Gasteiger partial charge is 0.325 e. The molecule has 0 radical (unpaired) electrons. The summed E-state index contributed by atoms with van der Waals surface area (Å²) >= 11 is 0. The summed E-state index contributed by atoms with van der Waals surface area (Å²) in [5.41, 5.74) is 2.52. The van der Waals surface area contributed by atoms with Gasteiger partial charge in [-0.05, 0) is 47.5 Å². The van der Waals surface area contributed by atoms with Crippen molar-refractivity contribution in [2.75, 3.05) is 19.8 Å². The van der Waals surface area contributed by atoms with Gasteiger partial charge in [-0.3, -0.25) is 9.59 Å². The fourth-order valence-corrected chi connectivity index (χ4v) is 2.60. The number of amides is 1. The Morgan fingerprint density at radius 2 is 1.45 bits per heavy atom. The third-order valence-corrected chi connectivity index (χ3v) is 4.08. The highest BCUT2D eigenvalue weighted by Gasteiger charge is 2.09. The molecule has 3 aromatic rings. The fraction of sp³-hybridized carbons (Fsp3) is 0.130. The molecule has 3 rings (SSSR count). The summed E-state index contributed by atoms with van der Waals surface area (Å²) in [7, 11) is 0. The van der Waals surface area contributed by atoms with Crippen LogP contribution in [0.15, 0.2) is 78.9 Å². The van der Waals surface area contributed by atoms with Crippen LogP contribution in [-0.2, 0) is 9.53 Å². The van der Waals surface area contributed by atoms with Gasteiger partial charge in [0.1, 0.15) is 31.3 Å². The molecule has 0 heterocycles. The summed E-state index contributed by atoms with van der Waals surface area (Å²) < 4.78 is 23.1. The van der Waals surface area contributed by atoms with Crippen molar-refractivity contribution in [1.29, 1.82) is 0 Å². The maximum Gasteiger partial charge on any atom is 0.325 e. The minimum atomic E-state index is -0.568. The standard InChI is InChI=1S/C23H20FNO4/c24-20-10-12-21(13-11-20)28-14-15-29-22(26)16-25-23(27)19-8-6-18(7-9-19)17-4-2-1-3-5-17/h1-13H,14-16H2,(H,25,27). The van der Waals surface area contributed by atoms with Gasteiger partial charge in [-0.15, -0.1) is 0 Å². The molecule has 0 spiro atoms. The second-order valence-electron chi connectivity index (χ2n) is 6.15. The van der Waals surface area contributed by atoms with Crippen molar-refractivity contribution in [1.82, 2.24) is 5.32 Å². The zero-order valence-corrected chi connectivity index (χ0v) is 15.6. The predicted molar refractivity (Wildman–Crippen MR) is 107 cm³/mol. The average molecular weight is 393 g/mol. The molecular weight excluding hydrogens is 373 g/mol. The van der Waals surface area contributed by atoms with Crippen LogP contribution in [0.2, 0.25) is 0 Å². The summed E-state index contributed by atoms with van der Waals surface area (Å²) in [5.74, 6) is -0.796. The second kappa shape index (κ2) is 10.0. The maximum absolute atomic E-state index is 12.8. The van der Waals surface area contributed by atoms with Crippen LogP contribution in [-0.4, -0.2) is 31.6 Å². The van der Waals surface area contributed by atoms with Crippen molar-refractivity contribution in [2.24, 2.45) is 0 Å². The fourth-order valence-electron chi connectivity index (χ4n) is 2.60. The van der Waals surface area contributed by atoms with E-state index >= 15 is 0 Å². The maximum atomic E-state index is 12.8. The Morgan fingerprint density at radius 1 is 0.793 bits per heavy atom. The van der Waals surface area contributed by atoms with Gasteiger partial charge in [-0.2, -0.15) is 0 Å². The summed E-state index contributed by atoms with van der Waals surface area (Å²) in [6.45, 7) is -0.0834. The number of hydrogen-bond acceptors (Lipinski definition) is 4. The Hall–Kier alpha value is -3.67. The van der Waals surface area contributed by atoms with Crippen molar-refractivity contribution in [3.05, 3.63) is 90.2 Å². The molecule has 1 N–H and O–H groups in total. The monoisotopic (exact) mass is 393 g/mol. The number of nitrogens with one attached hydrogen (secondary N) is 1. The molecule has 29 heavy (non-hydrogen) atoms. The number of carbonyl (C=O) groups excluding carboxylic acids is 2. The molecule has 6 heteroatoms. The molecule has 0 saturated heterocycles. The van der Waals surface area contributed by atoms with E-state index in [9.17, 15) is 14.0 Å². The van der Waals surface area contributed by atoms with Crippen LogP contribution in [0.25, 0.3) is 11.1 Å². The SMILES string of the molecule is O=C(CNC(=O)c1ccc(-c2ccccc2)cc1)OCCOc1ccc(F)cc1. The van der Waals surface area contributed by atoms with Crippen molar-refractivity contribution in [3.8, 4) is 16.9 Å². The van der Waals surface area contributed by atoms with Crippen LogP contribution >= 0.6 is 0 Å². The number of ether oxygens (including phenoxy) is 2. The number of esters is 1. The minimum Gasteiger partial charge on any atom is -0.490 e. The van der Waals surface area contributed by atoms with Crippen LogP contribution in [0.5, 0.6) is 5.75 Å². The topological polar surface area (TPSA) is 64.6 Å². The first-order chi connectivity index (χ1) is 14.1. The lowest BCUT2D eigenvalue weighted by molar-refractivity contribution is -0.143. The van der Waals surface area contributed by atoms with Gasteiger partial charge >= 0.3 is 5.97 Å². The molecule has 5 nitrogen and oxygen atoms in total. The van der Waals surface area contributed by atoms with Gasteiger partial charge in [-0.25, -0.2) is 4.39 Å². The van der Waals surface area contributed by atoms with E-state index < -0.39 is 5.97 Å². The highest BCUT2D eigenvalue weighted by atomic mass is 19.1. The first-order valence-corrected chi connectivity index (χ1v) is 9.09. The minimum absolute atomic E-state index is 0.0256. The Morgan fingerprint density at radius 3 is 2.14 bits per heavy atom. The van der Waals surface area contributed by atoms with E-state index in [1.54, 1.807) is 12.1 Å². The molecule has 3 aromatic carbocycles. The predicted octanol–water partition coefficient (Wildman–Crippen LogP) is 3.84. The summed E-state index contributed by atoms with van der Waals surface area (Å²) in [6, 6.07) is 22.5. The zero-order valence-electron chi connectivity index (χ0n) is 15.6. The Kier molecular flexibility index (Phi) is 6.95. The largest absolute Gasteiger partial charge is 0.490 e. The van der Waals surface area contributed by atoms with E-state index in [1.165, 1.54) is 24.3 Å². The first-order valence-electron chi connectivity index (χ1n) is 9.09. The van der Waals surface area contributed by atoms with Gasteiger partial charge in [0.2, 0.25) is 0 Å². The molecule has 0 atom stereocenters. The quantitative estimate of drug-likeness (QED) is 0.466. The number of rotatable bonds is 8. The zero-order chi connectivity index (χ0) is 20.5. The Labute approximate surface area is 168 Å². The van der Waals surface area contributed by atoms with E-state index in [1.807, 2.05) is 42.5 Å². The molecule has 0 aliphatic carbocycles. The molecule has 0 unspecified atom stereocenters. The summed E-state index contributed by atoms with van der Waals surface area (Å²) in [6.07, 6.45) is 0. The first kappa shape index (κ1) is 20.1. The van der Waals surface area contributed by atoms with Gasteiger partial charge in [0.25, 0.3) is 5.91 Å². The van der Waals surface area contributed by atoms with Gasteiger partial charge in [0.15, 0.2) is 0 Å². The van der Waals surface area contributed by atoms with Crippen LogP contribution < -0.4 is 10.1 Å². The molecule has 0 aliphatic heterocycles. The number of hydrogen-bond donors (Lipinski definition) is 1. The normalized spacial score (nSPS) is 10.2. The van der Waals surface area contributed by atoms with E-state index in [4.69, 9.17) is 9.47 Å². The highest BCUT2D eigenvalue weighted by Crippen LogP contribution is 2.19. The number of halogens is 1. The van der Waals surface area contributed by atoms with Crippen LogP contribution in [0.3, 0.4) is 0 Å². The van der Waals surface area contributed by atoms with Crippen molar-refractivity contribution in [3.63, 3.8) is 0 Å². The van der Waals surface area contributed by atoms with Crippen LogP contribution in [0, 0.1) is 5.82 Å². The Balaban J connectivity index is 1.38. The molecular formula is C23H20FNO4. The number of benzene rings is 3. The molecule has 1 amide bonds. The van der Waals surface area contributed by atoms with E-state index in [0.29, 0.717) is 11.3 Å². The second-order valence-corrected chi connectivity index (χ2v) is 6.15. The van der Waals surface area contributed by atoms with E-state index in [-0.39, 0.29) is 31.5 Å². The van der Waals surface area contributed by atoms with Crippen LogP contribution in [0.1, 0.15) is 10.4 Å². The summed E-state index contributed by atoms with van der Waals surface area (Å²) in [5, 5.41) is 2.53. The van der Waals surface area contributed by atoms with Gasteiger partial charge in [0, 0.05) is 5.56 Å². The lowest BCUT2D eigenvalue weighted by Crippen LogP contribution is -2.31. The van der Waals surface area contributed by atoms with Gasteiger partial charge in [0.05, 0.1) is 0 Å². The molecule has 0 fully saturated rings. The lowest BCUT2D eigenvalue weighted by Gasteiger charge is -2.09.